The SMILES string of the molecule is CCCCCCCCCCC(CCCCCCCCCC)=C1c2cc(B3OC(C)(C)C(C)(C)O3)ccc2-c2ccc(B3OC(C)(C)C(C)(C)O3)cc21. The summed E-state index contributed by atoms with van der Waals surface area (Å²) >= 11 is 0. The smallest absolute Gasteiger partial charge is 0.399 e. The number of benzene rings is 2. The zero-order chi connectivity index (χ0) is 37.6. The van der Waals surface area contributed by atoms with E-state index in [0.717, 1.165) is 23.8 Å². The van der Waals surface area contributed by atoms with E-state index in [9.17, 15) is 0 Å². The molecule has 2 aromatic rings. The molecule has 2 heterocycles. The van der Waals surface area contributed by atoms with E-state index in [0.29, 0.717) is 0 Å². The maximum atomic E-state index is 6.59. The van der Waals surface area contributed by atoms with Crippen LogP contribution in [0.25, 0.3) is 16.7 Å². The first-order chi connectivity index (χ1) is 24.7. The van der Waals surface area contributed by atoms with Crippen LogP contribution in [0, 0.1) is 0 Å². The van der Waals surface area contributed by atoms with Gasteiger partial charge in [-0.1, -0.05) is 146 Å². The second-order valence-electron chi connectivity index (χ2n) is 18.2. The van der Waals surface area contributed by atoms with Gasteiger partial charge in [0.1, 0.15) is 0 Å². The highest BCUT2D eigenvalue weighted by Gasteiger charge is 2.53. The molecule has 0 bridgehead atoms. The second kappa shape index (κ2) is 17.7. The number of allylic oxidation sites excluding steroid dienone is 1. The predicted molar refractivity (Wildman–Crippen MR) is 224 cm³/mol. The van der Waals surface area contributed by atoms with Crippen LogP contribution in [0.5, 0.6) is 0 Å². The fourth-order valence-electron chi connectivity index (χ4n) is 8.10. The van der Waals surface area contributed by atoms with E-state index >= 15 is 0 Å². The van der Waals surface area contributed by atoms with Gasteiger partial charge in [0.2, 0.25) is 0 Å². The lowest BCUT2D eigenvalue weighted by atomic mass is 9.76. The zero-order valence-electron chi connectivity index (χ0n) is 35.0. The van der Waals surface area contributed by atoms with Crippen LogP contribution in [0.2, 0.25) is 0 Å². The molecule has 52 heavy (non-hydrogen) atoms. The Bertz CT molecular complexity index is 1360. The van der Waals surface area contributed by atoms with Crippen molar-refractivity contribution in [2.24, 2.45) is 0 Å². The summed E-state index contributed by atoms with van der Waals surface area (Å²) in [7, 11) is -0.770. The fraction of sp³-hybridized carbons (Fsp3) is 0.696. The molecule has 4 nitrogen and oxygen atoms in total. The van der Waals surface area contributed by atoms with Crippen LogP contribution in [0.1, 0.15) is 196 Å². The lowest BCUT2D eigenvalue weighted by Gasteiger charge is -2.32. The molecule has 286 valence electrons. The summed E-state index contributed by atoms with van der Waals surface area (Å²) in [4.78, 5) is 0. The van der Waals surface area contributed by atoms with Crippen molar-refractivity contribution < 1.29 is 18.6 Å². The van der Waals surface area contributed by atoms with Gasteiger partial charge in [0.05, 0.1) is 22.4 Å². The molecule has 0 unspecified atom stereocenters. The van der Waals surface area contributed by atoms with Crippen LogP contribution in [0.3, 0.4) is 0 Å². The predicted octanol–water partition coefficient (Wildman–Crippen LogP) is 12.1. The van der Waals surface area contributed by atoms with E-state index in [-0.39, 0.29) is 36.6 Å². The van der Waals surface area contributed by atoms with Gasteiger partial charge >= 0.3 is 14.2 Å². The number of fused-ring (bicyclic) bond motifs is 3. The molecule has 6 heteroatoms. The van der Waals surface area contributed by atoms with Crippen LogP contribution < -0.4 is 10.9 Å². The maximum Gasteiger partial charge on any atom is 0.494 e. The summed E-state index contributed by atoms with van der Waals surface area (Å²) in [6, 6.07) is 13.9. The number of rotatable bonds is 20. The number of hydrogen-bond donors (Lipinski definition) is 0. The van der Waals surface area contributed by atoms with Crippen LogP contribution in [0.15, 0.2) is 42.0 Å². The van der Waals surface area contributed by atoms with Crippen molar-refractivity contribution in [3.05, 3.63) is 53.1 Å². The van der Waals surface area contributed by atoms with E-state index in [1.807, 2.05) is 0 Å². The second-order valence-corrected chi connectivity index (χ2v) is 18.2. The first-order valence-electron chi connectivity index (χ1n) is 21.4. The van der Waals surface area contributed by atoms with E-state index in [1.165, 1.54) is 131 Å². The van der Waals surface area contributed by atoms with Gasteiger partial charge in [0.15, 0.2) is 0 Å². The molecule has 0 saturated carbocycles. The molecule has 0 radical (unpaired) electrons. The minimum atomic E-state index is -0.385. The third-order valence-electron chi connectivity index (χ3n) is 13.0. The van der Waals surface area contributed by atoms with E-state index < -0.39 is 0 Å². The van der Waals surface area contributed by atoms with Crippen molar-refractivity contribution in [3.8, 4) is 11.1 Å². The Balaban J connectivity index is 1.48. The van der Waals surface area contributed by atoms with E-state index in [4.69, 9.17) is 18.6 Å². The molecule has 2 aliphatic heterocycles. The molecule has 2 aromatic carbocycles. The lowest BCUT2D eigenvalue weighted by Crippen LogP contribution is -2.41. The summed E-state index contributed by atoms with van der Waals surface area (Å²) in [5, 5.41) is 0. The Morgan fingerprint density at radius 1 is 0.423 bits per heavy atom. The summed E-state index contributed by atoms with van der Waals surface area (Å²) < 4.78 is 26.4. The molecule has 0 spiro atoms. The summed E-state index contributed by atoms with van der Waals surface area (Å²) in [5.41, 5.74) is 9.04. The Labute approximate surface area is 319 Å². The van der Waals surface area contributed by atoms with Gasteiger partial charge in [-0.3, -0.25) is 0 Å². The van der Waals surface area contributed by atoms with Crippen molar-refractivity contribution in [3.63, 3.8) is 0 Å². The van der Waals surface area contributed by atoms with Gasteiger partial charge in [-0.05, 0) is 120 Å². The number of hydrogen-bond acceptors (Lipinski definition) is 4. The zero-order valence-corrected chi connectivity index (χ0v) is 35.0. The van der Waals surface area contributed by atoms with Gasteiger partial charge in [-0.2, -0.15) is 0 Å². The molecule has 0 amide bonds. The van der Waals surface area contributed by atoms with Crippen LogP contribution >= 0.6 is 0 Å². The summed E-state index contributed by atoms with van der Waals surface area (Å²) in [6.07, 6.45) is 23.7. The monoisotopic (exact) mass is 711 g/mol. The highest BCUT2D eigenvalue weighted by atomic mass is 16.7. The lowest BCUT2D eigenvalue weighted by molar-refractivity contribution is 0.00578. The van der Waals surface area contributed by atoms with E-state index in [2.05, 4.69) is 106 Å². The molecule has 0 atom stereocenters. The Morgan fingerprint density at radius 2 is 0.731 bits per heavy atom. The van der Waals surface area contributed by atoms with Crippen LogP contribution in [-0.4, -0.2) is 36.6 Å². The third kappa shape index (κ3) is 9.50. The molecule has 5 rings (SSSR count). The van der Waals surface area contributed by atoms with Gasteiger partial charge in [0.25, 0.3) is 0 Å². The van der Waals surface area contributed by atoms with Gasteiger partial charge in [0, 0.05) is 0 Å². The Kier molecular flexibility index (Phi) is 14.1. The average Bonchev–Trinajstić information content (AvgIpc) is 3.62. The van der Waals surface area contributed by atoms with Crippen molar-refractivity contribution in [1.29, 1.82) is 0 Å². The summed E-state index contributed by atoms with van der Waals surface area (Å²) in [6.45, 7) is 21.8. The van der Waals surface area contributed by atoms with Crippen LogP contribution in [0.4, 0.5) is 0 Å². The topological polar surface area (TPSA) is 36.9 Å². The number of unbranched alkanes of at least 4 members (excludes halogenated alkanes) is 14. The van der Waals surface area contributed by atoms with Gasteiger partial charge in [-0.15, -0.1) is 0 Å². The highest BCUT2D eigenvalue weighted by Crippen LogP contribution is 2.48. The quantitative estimate of drug-likeness (QED) is 0.0864. The molecule has 0 aromatic heterocycles. The first kappa shape index (κ1) is 41.3. The molecule has 3 aliphatic rings. The van der Waals surface area contributed by atoms with Crippen molar-refractivity contribution >= 4 is 30.7 Å². The van der Waals surface area contributed by atoms with Crippen molar-refractivity contribution in [2.75, 3.05) is 0 Å². The fourth-order valence-corrected chi connectivity index (χ4v) is 8.10. The third-order valence-corrected chi connectivity index (χ3v) is 13.0. The molecule has 2 fully saturated rings. The molecule has 2 saturated heterocycles. The normalized spacial score (nSPS) is 19.4. The molecular formula is C46H72B2O4. The Morgan fingerprint density at radius 3 is 1.06 bits per heavy atom. The summed E-state index contributed by atoms with van der Waals surface area (Å²) in [5.74, 6) is 0. The highest BCUT2D eigenvalue weighted by molar-refractivity contribution is 6.62. The van der Waals surface area contributed by atoms with Crippen LogP contribution in [-0.2, 0) is 18.6 Å². The Hall–Kier alpha value is -1.85. The first-order valence-corrected chi connectivity index (χ1v) is 21.4. The van der Waals surface area contributed by atoms with Crippen molar-refractivity contribution in [1.82, 2.24) is 0 Å². The molecule has 1 aliphatic carbocycles. The standard InChI is InChI=1S/C46H72B2O4/c1-11-13-15-17-19-21-23-25-27-35(28-26-24-22-20-18-16-14-12-2)42-40-33-36(47-49-43(3,4)44(5,6)50-47)29-31-38(40)39-32-30-37(34-41(39)42)48-51-45(7,8)46(9,10)52-48/h29-34H,11-28H2,1-10H3. The largest absolute Gasteiger partial charge is 0.494 e. The minimum absolute atomic E-state index is 0.381. The molecule has 0 N–H and O–H groups in total. The minimum Gasteiger partial charge on any atom is -0.399 e. The van der Waals surface area contributed by atoms with Gasteiger partial charge < -0.3 is 18.6 Å². The van der Waals surface area contributed by atoms with E-state index in [1.54, 1.807) is 5.57 Å². The maximum absolute atomic E-state index is 6.59. The van der Waals surface area contributed by atoms with Gasteiger partial charge in [-0.25, -0.2) is 0 Å². The molecular weight excluding hydrogens is 638 g/mol. The average molecular weight is 711 g/mol. The van der Waals surface area contributed by atoms with Crippen molar-refractivity contribution in [2.45, 2.75) is 207 Å².